The van der Waals surface area contributed by atoms with Gasteiger partial charge in [0.25, 0.3) is 0 Å². The van der Waals surface area contributed by atoms with Crippen LogP contribution in [0, 0.1) is 5.92 Å². The zero-order chi connectivity index (χ0) is 26.2. The lowest BCUT2D eigenvalue weighted by molar-refractivity contribution is -0.118. The molecule has 0 unspecified atom stereocenters. The normalized spacial score (nSPS) is 12.6. The second-order valence-electron chi connectivity index (χ2n) is 8.96. The van der Waals surface area contributed by atoms with E-state index in [9.17, 15) is 14.4 Å². The number of hydrogen-bond donors (Lipinski definition) is 2. The van der Waals surface area contributed by atoms with Crippen LogP contribution >= 0.6 is 0 Å². The molecular weight excluding hydrogens is 446 g/mol. The maximum atomic E-state index is 12.6. The number of alkyl carbamates (subject to hydrolysis) is 1. The fourth-order valence-electron chi connectivity index (χ4n) is 3.17. The quantitative estimate of drug-likeness (QED) is 0.366. The lowest BCUT2D eigenvalue weighted by atomic mass is 9.99. The third-order valence-corrected chi connectivity index (χ3v) is 5.01. The van der Waals surface area contributed by atoms with Gasteiger partial charge in [0.1, 0.15) is 5.60 Å². The topological polar surface area (TPSA) is 107 Å². The van der Waals surface area contributed by atoms with Crippen molar-refractivity contribution in [2.45, 2.75) is 45.8 Å². The van der Waals surface area contributed by atoms with E-state index >= 15 is 0 Å². The molecule has 35 heavy (non-hydrogen) atoms. The standard InChI is InChI=1S/C27H33N3O5/c1-8-10-21(30-26(33)35-27(4,5)6)23-15-18(13-14-28-23)20-12-11-19(25(32)34-7)16-22(20)29-24(31)17(3)9-2/h8-9,11-17,21H,1-2,10H2,3-7H3,(H,29,31)(H,30,33)/t17-,21+/m1/s1. The van der Waals surface area contributed by atoms with Crippen LogP contribution in [0.25, 0.3) is 11.1 Å². The molecular formula is C27H33N3O5. The maximum absolute atomic E-state index is 12.6. The molecule has 8 heteroatoms. The van der Waals surface area contributed by atoms with E-state index in [4.69, 9.17) is 9.47 Å². The number of carbonyl (C=O) groups excluding carboxylic acids is 3. The van der Waals surface area contributed by atoms with Crippen molar-refractivity contribution in [2.24, 2.45) is 5.92 Å². The SMILES string of the molecule is C=CC[C@H](NC(=O)OC(C)(C)C)c1cc(-c2ccc(C(=O)OC)cc2NC(=O)[C@H](C)C=C)ccn1. The van der Waals surface area contributed by atoms with Gasteiger partial charge in [-0.1, -0.05) is 25.1 Å². The van der Waals surface area contributed by atoms with Crippen molar-refractivity contribution in [3.05, 3.63) is 73.1 Å². The summed E-state index contributed by atoms with van der Waals surface area (Å²) >= 11 is 0. The highest BCUT2D eigenvalue weighted by Crippen LogP contribution is 2.31. The van der Waals surface area contributed by atoms with Crippen molar-refractivity contribution in [3.8, 4) is 11.1 Å². The second kappa shape index (κ2) is 12.0. The zero-order valence-corrected chi connectivity index (χ0v) is 20.9. The molecule has 186 valence electrons. The lowest BCUT2D eigenvalue weighted by Crippen LogP contribution is -2.35. The number of esters is 1. The van der Waals surface area contributed by atoms with Gasteiger partial charge in [-0.25, -0.2) is 9.59 Å². The molecule has 0 spiro atoms. The van der Waals surface area contributed by atoms with Crippen LogP contribution < -0.4 is 10.6 Å². The Morgan fingerprint density at radius 1 is 1.14 bits per heavy atom. The first kappa shape index (κ1) is 27.3. The molecule has 2 rings (SSSR count). The van der Waals surface area contributed by atoms with Gasteiger partial charge in [-0.15, -0.1) is 13.2 Å². The number of nitrogens with one attached hydrogen (secondary N) is 2. The molecule has 0 bridgehead atoms. The monoisotopic (exact) mass is 479 g/mol. The average Bonchev–Trinajstić information content (AvgIpc) is 2.81. The molecule has 0 radical (unpaired) electrons. The molecule has 0 aliphatic heterocycles. The van der Waals surface area contributed by atoms with Gasteiger partial charge in [0, 0.05) is 17.4 Å². The van der Waals surface area contributed by atoms with Crippen molar-refractivity contribution in [3.63, 3.8) is 0 Å². The summed E-state index contributed by atoms with van der Waals surface area (Å²) in [6.45, 7) is 14.5. The first-order valence-electron chi connectivity index (χ1n) is 11.2. The second-order valence-corrected chi connectivity index (χ2v) is 8.96. The Labute approximate surface area is 206 Å². The van der Waals surface area contributed by atoms with Crippen molar-refractivity contribution >= 4 is 23.7 Å². The lowest BCUT2D eigenvalue weighted by Gasteiger charge is -2.23. The molecule has 2 atom stereocenters. The van der Waals surface area contributed by atoms with Gasteiger partial charge in [-0.3, -0.25) is 9.78 Å². The van der Waals surface area contributed by atoms with Gasteiger partial charge in [-0.2, -0.15) is 0 Å². The predicted octanol–water partition coefficient (Wildman–Crippen LogP) is 5.44. The number of benzene rings is 1. The molecule has 2 amide bonds. The van der Waals surface area contributed by atoms with Crippen LogP contribution in [-0.4, -0.2) is 35.7 Å². The van der Waals surface area contributed by atoms with Crippen molar-refractivity contribution in [2.75, 3.05) is 12.4 Å². The number of aromatic nitrogens is 1. The van der Waals surface area contributed by atoms with E-state index in [-0.39, 0.29) is 5.91 Å². The Bertz CT molecular complexity index is 1100. The number of ether oxygens (including phenoxy) is 2. The molecule has 1 aromatic carbocycles. The Balaban J connectivity index is 2.48. The average molecular weight is 480 g/mol. The number of hydrogen-bond acceptors (Lipinski definition) is 6. The van der Waals surface area contributed by atoms with E-state index in [1.54, 1.807) is 64.2 Å². The Hall–Kier alpha value is -3.94. The van der Waals surface area contributed by atoms with Crippen LogP contribution in [-0.2, 0) is 14.3 Å². The molecule has 0 fully saturated rings. The van der Waals surface area contributed by atoms with Crippen LogP contribution in [0.3, 0.4) is 0 Å². The largest absolute Gasteiger partial charge is 0.465 e. The Morgan fingerprint density at radius 3 is 2.46 bits per heavy atom. The summed E-state index contributed by atoms with van der Waals surface area (Å²) in [5, 5.41) is 5.70. The van der Waals surface area contributed by atoms with Crippen LogP contribution in [0.2, 0.25) is 0 Å². The minimum absolute atomic E-state index is 0.270. The number of methoxy groups -OCH3 is 1. The summed E-state index contributed by atoms with van der Waals surface area (Å²) in [5.74, 6) is -1.23. The van der Waals surface area contributed by atoms with Crippen LogP contribution in [0.4, 0.5) is 10.5 Å². The molecule has 0 saturated carbocycles. The van der Waals surface area contributed by atoms with Gasteiger partial charge < -0.3 is 20.1 Å². The number of amides is 2. The highest BCUT2D eigenvalue weighted by atomic mass is 16.6. The highest BCUT2D eigenvalue weighted by Gasteiger charge is 2.22. The summed E-state index contributed by atoms with van der Waals surface area (Å²) < 4.78 is 10.2. The number of anilines is 1. The third kappa shape index (κ3) is 7.81. The third-order valence-electron chi connectivity index (χ3n) is 5.01. The van der Waals surface area contributed by atoms with E-state index in [0.717, 1.165) is 5.56 Å². The smallest absolute Gasteiger partial charge is 0.408 e. The van der Waals surface area contributed by atoms with Gasteiger partial charge >= 0.3 is 12.1 Å². The maximum Gasteiger partial charge on any atom is 0.408 e. The molecule has 2 aromatic rings. The van der Waals surface area contributed by atoms with Gasteiger partial charge in [0.05, 0.1) is 30.3 Å². The molecule has 0 saturated heterocycles. The van der Waals surface area contributed by atoms with E-state index in [1.807, 2.05) is 6.07 Å². The molecule has 0 aliphatic carbocycles. The van der Waals surface area contributed by atoms with E-state index in [2.05, 4.69) is 28.8 Å². The Kier molecular flexibility index (Phi) is 9.34. The van der Waals surface area contributed by atoms with Gasteiger partial charge in [0.2, 0.25) is 5.91 Å². The Morgan fingerprint density at radius 2 is 1.86 bits per heavy atom. The van der Waals surface area contributed by atoms with Crippen molar-refractivity contribution in [1.29, 1.82) is 0 Å². The van der Waals surface area contributed by atoms with Crippen molar-refractivity contribution in [1.82, 2.24) is 10.3 Å². The number of rotatable bonds is 9. The van der Waals surface area contributed by atoms with Gasteiger partial charge in [-0.05, 0) is 57.0 Å². The summed E-state index contributed by atoms with van der Waals surface area (Å²) in [7, 11) is 1.29. The number of nitrogens with zero attached hydrogens (tertiary/aromatic N) is 1. The van der Waals surface area contributed by atoms with Crippen LogP contribution in [0.15, 0.2) is 61.8 Å². The first-order chi connectivity index (χ1) is 16.5. The number of pyridine rings is 1. The van der Waals surface area contributed by atoms with Crippen molar-refractivity contribution < 1.29 is 23.9 Å². The molecule has 8 nitrogen and oxygen atoms in total. The molecule has 1 aromatic heterocycles. The zero-order valence-electron chi connectivity index (χ0n) is 20.9. The fraction of sp³-hybridized carbons (Fsp3) is 0.333. The van der Waals surface area contributed by atoms with Gasteiger partial charge in [0.15, 0.2) is 0 Å². The number of carbonyl (C=O) groups is 3. The fourth-order valence-corrected chi connectivity index (χ4v) is 3.17. The van der Waals surface area contributed by atoms with E-state index < -0.39 is 29.6 Å². The van der Waals surface area contributed by atoms with Crippen LogP contribution in [0.1, 0.15) is 56.2 Å². The highest BCUT2D eigenvalue weighted by molar-refractivity contribution is 6.00. The van der Waals surface area contributed by atoms with E-state index in [0.29, 0.717) is 28.9 Å². The molecule has 1 heterocycles. The molecule has 2 N–H and O–H groups in total. The summed E-state index contributed by atoms with van der Waals surface area (Å²) in [5.41, 5.74) is 2.07. The summed E-state index contributed by atoms with van der Waals surface area (Å²) in [4.78, 5) is 41.5. The summed E-state index contributed by atoms with van der Waals surface area (Å²) in [6, 6.07) is 8.02. The minimum atomic E-state index is -0.644. The molecule has 0 aliphatic rings. The van der Waals surface area contributed by atoms with Crippen LogP contribution in [0.5, 0.6) is 0 Å². The predicted molar refractivity (Wildman–Crippen MR) is 136 cm³/mol. The summed E-state index contributed by atoms with van der Waals surface area (Å²) in [6.07, 6.45) is 4.70. The first-order valence-corrected chi connectivity index (χ1v) is 11.2. The minimum Gasteiger partial charge on any atom is -0.465 e. The van der Waals surface area contributed by atoms with E-state index in [1.165, 1.54) is 13.2 Å².